The lowest BCUT2D eigenvalue weighted by molar-refractivity contribution is -0.119. The number of benzene rings is 2. The SMILES string of the molecule is CCCCOc1ccc(C(=O)N[C@H](C(=O)Nc2nnc(-c3ccc(Cl)cc3)s2)[C@H](C)CC)cc1. The summed E-state index contributed by atoms with van der Waals surface area (Å²) in [5.74, 6) is -0.0149. The highest BCUT2D eigenvalue weighted by molar-refractivity contribution is 7.18. The summed E-state index contributed by atoms with van der Waals surface area (Å²) in [7, 11) is 0. The molecule has 0 saturated heterocycles. The largest absolute Gasteiger partial charge is 0.494 e. The van der Waals surface area contributed by atoms with Crippen LogP contribution in [0.5, 0.6) is 5.75 Å². The number of aromatic nitrogens is 2. The van der Waals surface area contributed by atoms with Crippen molar-refractivity contribution >= 4 is 39.9 Å². The molecule has 2 N–H and O–H groups in total. The molecule has 2 amide bonds. The van der Waals surface area contributed by atoms with Crippen molar-refractivity contribution in [1.82, 2.24) is 15.5 Å². The van der Waals surface area contributed by atoms with Crippen LogP contribution >= 0.6 is 22.9 Å². The van der Waals surface area contributed by atoms with E-state index >= 15 is 0 Å². The van der Waals surface area contributed by atoms with Gasteiger partial charge in [-0.15, -0.1) is 10.2 Å². The third-order valence-electron chi connectivity index (χ3n) is 5.41. The summed E-state index contributed by atoms with van der Waals surface area (Å²) in [5, 5.41) is 15.6. The van der Waals surface area contributed by atoms with Crippen molar-refractivity contribution in [2.75, 3.05) is 11.9 Å². The smallest absolute Gasteiger partial charge is 0.251 e. The normalized spacial score (nSPS) is 12.6. The Labute approximate surface area is 208 Å². The van der Waals surface area contributed by atoms with Gasteiger partial charge < -0.3 is 10.1 Å². The van der Waals surface area contributed by atoms with E-state index in [-0.39, 0.29) is 17.7 Å². The number of hydrogen-bond acceptors (Lipinski definition) is 6. The van der Waals surface area contributed by atoms with E-state index < -0.39 is 6.04 Å². The second-order valence-electron chi connectivity index (χ2n) is 7.97. The van der Waals surface area contributed by atoms with Gasteiger partial charge in [0.25, 0.3) is 5.91 Å². The molecular weight excluding hydrogens is 472 g/mol. The van der Waals surface area contributed by atoms with E-state index in [1.54, 1.807) is 36.4 Å². The number of nitrogens with zero attached hydrogens (tertiary/aromatic N) is 2. The second-order valence-corrected chi connectivity index (χ2v) is 9.39. The first-order valence-electron chi connectivity index (χ1n) is 11.3. The fourth-order valence-electron chi connectivity index (χ4n) is 3.13. The van der Waals surface area contributed by atoms with Crippen LogP contribution in [-0.2, 0) is 4.79 Å². The summed E-state index contributed by atoms with van der Waals surface area (Å²) in [5.41, 5.74) is 1.32. The summed E-state index contributed by atoms with van der Waals surface area (Å²) >= 11 is 7.20. The van der Waals surface area contributed by atoms with Gasteiger partial charge in [0, 0.05) is 16.1 Å². The lowest BCUT2D eigenvalue weighted by Gasteiger charge is -2.23. The fraction of sp³-hybridized carbons (Fsp3) is 0.360. The van der Waals surface area contributed by atoms with Gasteiger partial charge in [0.15, 0.2) is 0 Å². The maximum absolute atomic E-state index is 13.0. The molecule has 0 aliphatic heterocycles. The number of nitrogens with one attached hydrogen (secondary N) is 2. The summed E-state index contributed by atoms with van der Waals surface area (Å²) in [6.07, 6.45) is 2.75. The van der Waals surface area contributed by atoms with Crippen molar-refractivity contribution < 1.29 is 14.3 Å². The van der Waals surface area contributed by atoms with E-state index in [1.165, 1.54) is 11.3 Å². The molecule has 34 heavy (non-hydrogen) atoms. The monoisotopic (exact) mass is 500 g/mol. The summed E-state index contributed by atoms with van der Waals surface area (Å²) in [4.78, 5) is 25.9. The number of rotatable bonds is 11. The molecule has 0 saturated carbocycles. The van der Waals surface area contributed by atoms with Gasteiger partial charge in [-0.2, -0.15) is 0 Å². The van der Waals surface area contributed by atoms with Gasteiger partial charge in [-0.3, -0.25) is 14.9 Å². The molecule has 0 radical (unpaired) electrons. The Kier molecular flexibility index (Phi) is 9.42. The topological polar surface area (TPSA) is 93.2 Å². The Morgan fingerprint density at radius 2 is 1.76 bits per heavy atom. The first-order chi connectivity index (χ1) is 16.4. The van der Waals surface area contributed by atoms with Crippen molar-refractivity contribution in [3.63, 3.8) is 0 Å². The third-order valence-corrected chi connectivity index (χ3v) is 6.55. The number of hydrogen-bond donors (Lipinski definition) is 2. The molecule has 0 aliphatic carbocycles. The molecule has 0 fully saturated rings. The predicted molar refractivity (Wildman–Crippen MR) is 137 cm³/mol. The first-order valence-corrected chi connectivity index (χ1v) is 12.5. The van der Waals surface area contributed by atoms with Crippen LogP contribution in [0.3, 0.4) is 0 Å². The number of ether oxygens (including phenoxy) is 1. The zero-order valence-electron chi connectivity index (χ0n) is 19.5. The molecule has 3 rings (SSSR count). The number of carbonyl (C=O) groups excluding carboxylic acids is 2. The van der Waals surface area contributed by atoms with E-state index in [9.17, 15) is 9.59 Å². The van der Waals surface area contributed by atoms with Crippen molar-refractivity contribution in [3.05, 3.63) is 59.1 Å². The molecule has 0 unspecified atom stereocenters. The molecule has 2 atom stereocenters. The lowest BCUT2D eigenvalue weighted by Crippen LogP contribution is -2.47. The Bertz CT molecular complexity index is 1090. The predicted octanol–water partition coefficient (Wildman–Crippen LogP) is 5.82. The van der Waals surface area contributed by atoms with E-state index in [2.05, 4.69) is 27.8 Å². The minimum Gasteiger partial charge on any atom is -0.494 e. The second kappa shape index (κ2) is 12.5. The number of amides is 2. The zero-order valence-corrected chi connectivity index (χ0v) is 21.1. The van der Waals surface area contributed by atoms with Gasteiger partial charge in [0.1, 0.15) is 16.8 Å². The molecule has 0 spiro atoms. The van der Waals surface area contributed by atoms with Gasteiger partial charge >= 0.3 is 0 Å². The van der Waals surface area contributed by atoms with E-state index in [0.717, 1.165) is 18.4 Å². The van der Waals surface area contributed by atoms with Crippen molar-refractivity contribution in [1.29, 1.82) is 0 Å². The molecule has 180 valence electrons. The van der Waals surface area contributed by atoms with Crippen LogP contribution in [0.25, 0.3) is 10.6 Å². The van der Waals surface area contributed by atoms with E-state index in [0.29, 0.717) is 39.5 Å². The molecular formula is C25H29ClN4O3S. The minimum absolute atomic E-state index is 0.0794. The van der Waals surface area contributed by atoms with Crippen molar-refractivity contribution in [2.45, 2.75) is 46.1 Å². The van der Waals surface area contributed by atoms with Crippen LogP contribution in [-0.4, -0.2) is 34.7 Å². The average molecular weight is 501 g/mol. The number of halogens is 1. The van der Waals surface area contributed by atoms with Crippen molar-refractivity contribution in [3.8, 4) is 16.3 Å². The van der Waals surface area contributed by atoms with Gasteiger partial charge in [-0.1, -0.05) is 68.7 Å². The molecule has 2 aromatic carbocycles. The highest BCUT2D eigenvalue weighted by atomic mass is 35.5. The summed E-state index contributed by atoms with van der Waals surface area (Å²) in [6.45, 7) is 6.64. The molecule has 1 heterocycles. The lowest BCUT2D eigenvalue weighted by atomic mass is 9.98. The van der Waals surface area contributed by atoms with E-state index in [4.69, 9.17) is 16.3 Å². The fourth-order valence-corrected chi connectivity index (χ4v) is 4.01. The van der Waals surface area contributed by atoms with Crippen LogP contribution < -0.4 is 15.4 Å². The Morgan fingerprint density at radius 3 is 2.41 bits per heavy atom. The zero-order chi connectivity index (χ0) is 24.5. The number of unbranched alkanes of at least 4 members (excludes halogenated alkanes) is 1. The first kappa shape index (κ1) is 25.6. The molecule has 1 aromatic heterocycles. The third kappa shape index (κ3) is 7.01. The quantitative estimate of drug-likeness (QED) is 0.323. The average Bonchev–Trinajstić information content (AvgIpc) is 3.31. The number of anilines is 1. The Hall–Kier alpha value is -2.97. The van der Waals surface area contributed by atoms with Crippen LogP contribution in [0.1, 0.15) is 50.4 Å². The molecule has 0 aliphatic rings. The molecule has 7 nitrogen and oxygen atoms in total. The van der Waals surface area contributed by atoms with Gasteiger partial charge in [0.05, 0.1) is 6.61 Å². The highest BCUT2D eigenvalue weighted by Gasteiger charge is 2.27. The maximum atomic E-state index is 13.0. The Balaban J connectivity index is 1.65. The van der Waals surface area contributed by atoms with Gasteiger partial charge in [0.2, 0.25) is 11.0 Å². The number of carbonyl (C=O) groups is 2. The highest BCUT2D eigenvalue weighted by Crippen LogP contribution is 2.27. The standard InChI is InChI=1S/C25H29ClN4O3S/c1-4-6-15-33-20-13-9-17(10-14-20)22(31)27-21(16(3)5-2)23(32)28-25-30-29-24(34-25)18-7-11-19(26)12-8-18/h7-14,16,21H,4-6,15H2,1-3H3,(H,27,31)(H,28,30,32)/t16-,21+/m1/s1. The maximum Gasteiger partial charge on any atom is 0.251 e. The van der Waals surface area contributed by atoms with Gasteiger partial charge in [-0.05, 0) is 48.7 Å². The summed E-state index contributed by atoms with van der Waals surface area (Å²) < 4.78 is 5.65. The van der Waals surface area contributed by atoms with Crippen LogP contribution in [0.4, 0.5) is 5.13 Å². The van der Waals surface area contributed by atoms with E-state index in [1.807, 2.05) is 26.0 Å². The van der Waals surface area contributed by atoms with Gasteiger partial charge in [-0.25, -0.2) is 0 Å². The molecule has 3 aromatic rings. The molecule has 0 bridgehead atoms. The molecule has 9 heteroatoms. The summed E-state index contributed by atoms with van der Waals surface area (Å²) in [6, 6.07) is 13.4. The van der Waals surface area contributed by atoms with Crippen LogP contribution in [0.2, 0.25) is 5.02 Å². The Morgan fingerprint density at radius 1 is 1.06 bits per heavy atom. The minimum atomic E-state index is -0.721. The van der Waals surface area contributed by atoms with Crippen LogP contribution in [0.15, 0.2) is 48.5 Å². The van der Waals surface area contributed by atoms with Crippen molar-refractivity contribution in [2.24, 2.45) is 5.92 Å². The van der Waals surface area contributed by atoms with Crippen LogP contribution in [0, 0.1) is 5.92 Å².